The van der Waals surface area contributed by atoms with Crippen LogP contribution in [0.3, 0.4) is 0 Å². The van der Waals surface area contributed by atoms with Gasteiger partial charge < -0.3 is 56.7 Å². The van der Waals surface area contributed by atoms with Crippen molar-refractivity contribution in [1.29, 1.82) is 0 Å². The number of urea groups is 2. The zero-order valence-electron chi connectivity index (χ0n) is 68.0. The average molecular weight is 1590 g/mol. The molecule has 1 fully saturated rings. The Hall–Kier alpha value is -7.62. The summed E-state index contributed by atoms with van der Waals surface area (Å²) in [6.45, 7) is 26.9. The van der Waals surface area contributed by atoms with Gasteiger partial charge in [0.05, 0.1) is 79.7 Å². The van der Waals surface area contributed by atoms with E-state index >= 15 is 0 Å². The minimum Gasteiger partial charge on any atom is -0.394 e. The Balaban J connectivity index is 0. The predicted molar refractivity (Wildman–Crippen MR) is 455 cm³/mol. The molecule has 7 rings (SSSR count). The molecular formula is C86H143N11O12S2. The summed E-state index contributed by atoms with van der Waals surface area (Å²) in [4.78, 5) is 63.7. The fourth-order valence-electron chi connectivity index (χ4n) is 9.48. The summed E-state index contributed by atoms with van der Waals surface area (Å²) in [5.41, 5.74) is 5.61. The Bertz CT molecular complexity index is 3100. The van der Waals surface area contributed by atoms with Crippen LogP contribution in [-0.4, -0.2) is 179 Å². The van der Waals surface area contributed by atoms with Crippen molar-refractivity contribution in [2.24, 2.45) is 0 Å². The maximum atomic E-state index is 11.5. The van der Waals surface area contributed by atoms with Gasteiger partial charge in [-0.2, -0.15) is 0 Å². The van der Waals surface area contributed by atoms with Crippen LogP contribution in [0.1, 0.15) is 219 Å². The molecule has 1 aliphatic rings. The number of β-amino-alcohol motifs (C(OH)–C–C–N with tert-alkyl or cyclic N) is 1. The molecule has 1 saturated heterocycles. The molecule has 6 aromatic rings. The topological polar surface area (TPSA) is 326 Å². The van der Waals surface area contributed by atoms with Gasteiger partial charge in [0.15, 0.2) is 9.84 Å². The average Bonchev–Trinajstić information content (AvgIpc) is 1.72. The monoisotopic (exact) mass is 1590 g/mol. The van der Waals surface area contributed by atoms with Crippen molar-refractivity contribution in [3.63, 3.8) is 0 Å². The van der Waals surface area contributed by atoms with E-state index in [-0.39, 0.29) is 62.1 Å². The van der Waals surface area contributed by atoms with Crippen LogP contribution in [0.5, 0.6) is 0 Å². The Morgan fingerprint density at radius 2 is 0.928 bits per heavy atom. The molecule has 0 bridgehead atoms. The quantitative estimate of drug-likeness (QED) is 0.0161. The molecule has 0 aliphatic carbocycles. The number of nitrogens with one attached hydrogen (secondary N) is 6. The third kappa shape index (κ3) is 66.7. The van der Waals surface area contributed by atoms with Gasteiger partial charge in [0.1, 0.15) is 6.10 Å². The maximum absolute atomic E-state index is 11.5. The van der Waals surface area contributed by atoms with Crippen molar-refractivity contribution in [3.05, 3.63) is 192 Å². The van der Waals surface area contributed by atoms with E-state index in [2.05, 4.69) is 112 Å². The normalized spacial score (nSPS) is 12.6. The second kappa shape index (κ2) is 75.1. The summed E-state index contributed by atoms with van der Waals surface area (Å²) in [6.07, 6.45) is 27.6. The molecule has 2 aromatic carbocycles. The summed E-state index contributed by atoms with van der Waals surface area (Å²) in [5, 5.41) is 43.8. The molecule has 25 heteroatoms. The number of carbonyl (C=O) groups excluding carboxylic acids is 4. The number of aliphatic hydroxyl groups excluding tert-OH is 3. The zero-order chi connectivity index (χ0) is 81.2. The molecule has 0 spiro atoms. The van der Waals surface area contributed by atoms with Crippen LogP contribution in [0.25, 0.3) is 0 Å². The highest BCUT2D eigenvalue weighted by Gasteiger charge is 2.22. The highest BCUT2D eigenvalue weighted by Crippen LogP contribution is 2.16. The summed E-state index contributed by atoms with van der Waals surface area (Å²) < 4.78 is 44.9. The number of likely N-dealkylation sites (tertiary alicyclic amines) is 1. The van der Waals surface area contributed by atoms with E-state index in [1.807, 2.05) is 116 Å². The first kappa shape index (κ1) is 105. The summed E-state index contributed by atoms with van der Waals surface area (Å²) in [5.74, 6) is 1.93. The zero-order valence-corrected chi connectivity index (χ0v) is 69.6. The molecule has 6 amide bonds. The van der Waals surface area contributed by atoms with Crippen molar-refractivity contribution in [3.8, 4) is 0 Å². The first-order valence-electron chi connectivity index (χ1n) is 40.0. The fraction of sp³-hybridized carbons (Fsp3) is 0.581. The number of rotatable bonds is 43. The second-order valence-electron chi connectivity index (χ2n) is 26.4. The summed E-state index contributed by atoms with van der Waals surface area (Å²) >= 11 is 0. The lowest BCUT2D eigenvalue weighted by Crippen LogP contribution is -2.36. The first-order valence-corrected chi connectivity index (χ1v) is 43.3. The molecule has 0 saturated carbocycles. The van der Waals surface area contributed by atoms with Crippen LogP contribution in [0, 0.1) is 0 Å². The van der Waals surface area contributed by atoms with Crippen molar-refractivity contribution in [1.82, 2.24) is 56.7 Å². The van der Waals surface area contributed by atoms with Crippen LogP contribution in [0.15, 0.2) is 158 Å². The highest BCUT2D eigenvalue weighted by molar-refractivity contribution is 7.90. The van der Waals surface area contributed by atoms with E-state index in [0.29, 0.717) is 56.6 Å². The molecule has 3 unspecified atom stereocenters. The maximum Gasteiger partial charge on any atom is 0.315 e. The third-order valence-electron chi connectivity index (χ3n) is 16.0. The number of amides is 6. The highest BCUT2D eigenvalue weighted by atomic mass is 32.2. The van der Waals surface area contributed by atoms with Gasteiger partial charge in [0.2, 0.25) is 11.8 Å². The third-order valence-corrected chi connectivity index (χ3v) is 19.0. The standard InChI is InChI=1S/C12H18N2O.C12H25NO2.C12H17NO.C11H17N3O.C11H16N2O.C10H15NO2S.C10H15NOS.C7H16O3.CH4/c1-2-3-9-13-12(15)14-10-11-7-5-4-6-8-11;1-3-4-8-15-10-12(14)9-13-7-5-6-11(13)2;1-2-3-9-13-12(14)10-11-7-5-4-6-8-11;1-2-3-7-13-11(15)14-9-10-6-4-5-8-12-10;1-2-3-6-13-11(14)9-10-4-7-12-8-5-10;1-2-3-8-14(12,13)9-10-6-4-5-7-11-10;1-2-3-8-13(12)9-10-6-4-5-7-11-10;1-2-3-4-10-6-7(9)5-8;/h4-8H,2-3,9-10H2,1H3,(H2,13,14,15);11-12,14H,3-10H2,1-2H3;4-8H,2-3,9-10H2,1H3,(H,13,14);4-6,8H,2-3,7,9H2,1H3,(H2,13,14,15);4-5,7-8H,2-3,6,9H2,1H3,(H,13,14);4-7H,2-3,8-9H2,1H3;4-7H,2-3,8-9H2,1H3;7-9H,2-6H2,1H3;1H4/t;11-,12?;;;;;;;/m.1......./s1. The molecule has 1 aliphatic heterocycles. The molecule has 626 valence electrons. The second-order valence-corrected chi connectivity index (χ2v) is 30.2. The number of benzene rings is 2. The minimum atomic E-state index is -2.96. The van der Waals surface area contributed by atoms with E-state index < -0.39 is 26.7 Å². The number of unbranched alkanes of at least 4 members (excludes halogenated alkanes) is 8. The molecule has 0 radical (unpaired) electrons. The predicted octanol–water partition coefficient (Wildman–Crippen LogP) is 14.0. The Morgan fingerprint density at radius 3 is 1.37 bits per heavy atom. The van der Waals surface area contributed by atoms with Crippen LogP contribution in [0.2, 0.25) is 0 Å². The number of aromatic nitrogens is 4. The van der Waals surface area contributed by atoms with Gasteiger partial charge in [-0.3, -0.25) is 38.6 Å². The van der Waals surface area contributed by atoms with Crippen LogP contribution in [0.4, 0.5) is 9.59 Å². The van der Waals surface area contributed by atoms with E-state index in [1.165, 1.54) is 12.8 Å². The molecule has 4 aromatic heterocycles. The van der Waals surface area contributed by atoms with E-state index in [0.717, 1.165) is 182 Å². The molecular weight excluding hydrogens is 1440 g/mol. The van der Waals surface area contributed by atoms with Gasteiger partial charge in [-0.05, 0) is 143 Å². The van der Waals surface area contributed by atoms with Crippen molar-refractivity contribution >= 4 is 44.5 Å². The SMILES string of the molecule is C.CCCCNC(=O)Cc1ccccc1.CCCCNC(=O)Cc1ccncc1.CCCCNC(=O)NCc1ccccc1.CCCCNC(=O)NCc1ccccn1.CCCCOCC(O)CN1CCC[C@H]1C.CCCCOCC(O)CO.CCCCS(=O)(=O)Cc1ccccn1.CCCCS(=O)Cc1ccccn1. The number of aliphatic hydroxyl groups is 3. The Morgan fingerprint density at radius 1 is 0.505 bits per heavy atom. The van der Waals surface area contributed by atoms with Gasteiger partial charge in [-0.15, -0.1) is 0 Å². The van der Waals surface area contributed by atoms with Crippen molar-refractivity contribution < 1.29 is 56.6 Å². The summed E-state index contributed by atoms with van der Waals surface area (Å²) in [7, 11) is -3.69. The van der Waals surface area contributed by atoms with Crippen LogP contribution >= 0.6 is 0 Å². The minimum absolute atomic E-state index is 0. The number of hydrogen-bond donors (Lipinski definition) is 9. The number of carbonyl (C=O) groups is 4. The lowest BCUT2D eigenvalue weighted by atomic mass is 10.1. The molecule has 4 atom stereocenters. The van der Waals surface area contributed by atoms with E-state index in [4.69, 9.17) is 19.7 Å². The molecule has 9 N–H and O–H groups in total. The largest absolute Gasteiger partial charge is 0.394 e. The Labute approximate surface area is 671 Å². The Kier molecular flexibility index (Phi) is 71.3. The molecule has 23 nitrogen and oxygen atoms in total. The van der Waals surface area contributed by atoms with Crippen LogP contribution < -0.4 is 31.9 Å². The lowest BCUT2D eigenvalue weighted by molar-refractivity contribution is -0.121. The van der Waals surface area contributed by atoms with Gasteiger partial charge >= 0.3 is 12.1 Å². The number of ether oxygens (including phenoxy) is 2. The van der Waals surface area contributed by atoms with Crippen molar-refractivity contribution in [2.45, 2.75) is 241 Å². The number of nitrogens with zero attached hydrogens (tertiary/aromatic N) is 5. The number of hydrogen-bond acceptors (Lipinski definition) is 17. The summed E-state index contributed by atoms with van der Waals surface area (Å²) in [6, 6.07) is 40.5. The van der Waals surface area contributed by atoms with Crippen molar-refractivity contribution in [2.75, 3.05) is 83.8 Å². The fourth-order valence-corrected chi connectivity index (χ4v) is 12.2. The number of sulfone groups is 1. The van der Waals surface area contributed by atoms with Gasteiger partial charge in [-0.1, -0.05) is 193 Å². The van der Waals surface area contributed by atoms with E-state index in [9.17, 15) is 36.9 Å². The number of pyridine rings is 4. The van der Waals surface area contributed by atoms with Gasteiger partial charge in [0.25, 0.3) is 0 Å². The van der Waals surface area contributed by atoms with Gasteiger partial charge in [0, 0.05) is 106 Å². The molecule has 111 heavy (non-hydrogen) atoms. The molecule has 5 heterocycles. The first-order chi connectivity index (χ1) is 53.3. The van der Waals surface area contributed by atoms with Crippen LogP contribution in [-0.2, 0) is 77.1 Å². The smallest absolute Gasteiger partial charge is 0.315 e. The van der Waals surface area contributed by atoms with E-state index in [1.54, 1.807) is 49.2 Å². The lowest BCUT2D eigenvalue weighted by Gasteiger charge is -2.23. The van der Waals surface area contributed by atoms with Gasteiger partial charge in [-0.25, -0.2) is 18.0 Å².